The van der Waals surface area contributed by atoms with Crippen molar-refractivity contribution in [3.8, 4) is 0 Å². The van der Waals surface area contributed by atoms with Crippen LogP contribution in [0.25, 0.3) is 0 Å². The summed E-state index contributed by atoms with van der Waals surface area (Å²) in [5.41, 5.74) is 4.87. The molecule has 0 aliphatic heterocycles. The smallest absolute Gasteiger partial charge is 0.340 e. The zero-order chi connectivity index (χ0) is 26.5. The second-order valence-electron chi connectivity index (χ2n) is 8.23. The fourth-order valence-electron chi connectivity index (χ4n) is 4.07. The summed E-state index contributed by atoms with van der Waals surface area (Å²) < 4.78 is 11.0. The lowest BCUT2D eigenvalue weighted by Crippen LogP contribution is -2.22. The summed E-state index contributed by atoms with van der Waals surface area (Å²) in [6.45, 7) is 3.63. The number of fused-ring (bicyclic) bond motifs is 1. The summed E-state index contributed by atoms with van der Waals surface area (Å²) in [5.74, 6) is -0.940. The van der Waals surface area contributed by atoms with Gasteiger partial charge in [-0.05, 0) is 51.0 Å². The van der Waals surface area contributed by atoms with E-state index in [9.17, 15) is 24.5 Å². The van der Waals surface area contributed by atoms with Crippen molar-refractivity contribution in [3.05, 3.63) is 92.4 Å². The van der Waals surface area contributed by atoms with Gasteiger partial charge in [0.1, 0.15) is 5.76 Å². The van der Waals surface area contributed by atoms with Gasteiger partial charge in [-0.15, -0.1) is 0 Å². The average Bonchev–Trinajstić information content (AvgIpc) is 3.24. The number of furan rings is 1. The Morgan fingerprint density at radius 3 is 2.51 bits per heavy atom. The van der Waals surface area contributed by atoms with Crippen molar-refractivity contribution in [2.75, 3.05) is 11.9 Å². The summed E-state index contributed by atoms with van der Waals surface area (Å²) in [5, 5.41) is 17.8. The van der Waals surface area contributed by atoms with Crippen LogP contribution < -0.4 is 10.7 Å². The van der Waals surface area contributed by atoms with Crippen LogP contribution in [0.3, 0.4) is 0 Å². The number of nitrogens with one attached hydrogen (secondary N) is 2. The molecule has 1 aliphatic carbocycles. The number of benzene rings is 2. The summed E-state index contributed by atoms with van der Waals surface area (Å²) >= 11 is 0. The first-order valence-corrected chi connectivity index (χ1v) is 11.6. The third-order valence-electron chi connectivity index (χ3n) is 5.84. The van der Waals surface area contributed by atoms with E-state index < -0.39 is 22.7 Å². The van der Waals surface area contributed by atoms with E-state index in [0.717, 1.165) is 0 Å². The quantitative estimate of drug-likeness (QED) is 0.275. The molecule has 3 aromatic rings. The van der Waals surface area contributed by atoms with E-state index in [1.54, 1.807) is 38.1 Å². The number of esters is 1. The van der Waals surface area contributed by atoms with Gasteiger partial charge in [0.25, 0.3) is 17.5 Å². The third kappa shape index (κ3) is 5.40. The largest absolute Gasteiger partial charge is 0.462 e. The van der Waals surface area contributed by atoms with Crippen LogP contribution in [0.5, 0.6) is 0 Å². The molecule has 2 amide bonds. The van der Waals surface area contributed by atoms with Crippen molar-refractivity contribution < 1.29 is 28.5 Å². The number of carbonyl (C=O) groups is 3. The maximum Gasteiger partial charge on any atom is 0.340 e. The molecule has 0 bridgehead atoms. The molecule has 1 aromatic heterocycles. The number of hydrazone groups is 1. The topological polar surface area (TPSA) is 153 Å². The molecule has 0 spiro atoms. The highest BCUT2D eigenvalue weighted by molar-refractivity contribution is 6.11. The first kappa shape index (κ1) is 25.3. The standard InChI is InChI=1S/C26H24N4O7/c1-3-36-26(33)18-7-4-5-8-19(18)27-25(32)23-15(2)22-20(9-6-10-21(22)37-23)28-29-24(31)16-11-13-17(14-12-16)30(34)35/h4-5,7-8,11-14H,3,6,9-10H2,1-2H3,(H,27,32)(H,29,31)/b28-20+. The van der Waals surface area contributed by atoms with Crippen molar-refractivity contribution in [2.24, 2.45) is 5.10 Å². The highest BCUT2D eigenvalue weighted by Gasteiger charge is 2.29. The van der Waals surface area contributed by atoms with Gasteiger partial charge in [0.05, 0.1) is 28.5 Å². The number of hydrogen-bond acceptors (Lipinski definition) is 8. The number of para-hydroxylation sites is 1. The van der Waals surface area contributed by atoms with Crippen LogP contribution in [0.15, 0.2) is 58.0 Å². The molecule has 0 radical (unpaired) electrons. The van der Waals surface area contributed by atoms with Crippen LogP contribution in [0, 0.1) is 17.0 Å². The summed E-state index contributed by atoms with van der Waals surface area (Å²) in [6, 6.07) is 11.7. The molecule has 2 aromatic carbocycles. The van der Waals surface area contributed by atoms with Gasteiger partial charge in [0.15, 0.2) is 5.76 Å². The molecule has 37 heavy (non-hydrogen) atoms. The van der Waals surface area contributed by atoms with E-state index in [2.05, 4.69) is 15.8 Å². The molecule has 0 atom stereocenters. The second-order valence-corrected chi connectivity index (χ2v) is 8.23. The fraction of sp³-hybridized carbons (Fsp3) is 0.231. The molecule has 190 valence electrons. The Hall–Kier alpha value is -4.80. The first-order valence-electron chi connectivity index (χ1n) is 11.6. The van der Waals surface area contributed by atoms with Crippen LogP contribution >= 0.6 is 0 Å². The normalized spacial score (nSPS) is 13.5. The van der Waals surface area contributed by atoms with Gasteiger partial charge < -0.3 is 14.5 Å². The van der Waals surface area contributed by atoms with Gasteiger partial charge in [-0.1, -0.05) is 12.1 Å². The van der Waals surface area contributed by atoms with E-state index in [0.29, 0.717) is 47.5 Å². The first-order chi connectivity index (χ1) is 17.8. The number of nitro groups is 1. The predicted octanol–water partition coefficient (Wildman–Crippen LogP) is 4.40. The Morgan fingerprint density at radius 1 is 1.08 bits per heavy atom. The van der Waals surface area contributed by atoms with Crippen molar-refractivity contribution in [2.45, 2.75) is 33.1 Å². The van der Waals surface area contributed by atoms with Crippen molar-refractivity contribution in [3.63, 3.8) is 0 Å². The lowest BCUT2D eigenvalue weighted by molar-refractivity contribution is -0.384. The SMILES string of the molecule is CCOC(=O)c1ccccc1NC(=O)c1oc2c(c1C)/C(=N/NC(=O)c1ccc([N+](=O)[O-])cc1)CCC2. The summed E-state index contributed by atoms with van der Waals surface area (Å²) in [7, 11) is 0. The van der Waals surface area contributed by atoms with Gasteiger partial charge in [-0.3, -0.25) is 19.7 Å². The monoisotopic (exact) mass is 504 g/mol. The van der Waals surface area contributed by atoms with Gasteiger partial charge in [-0.2, -0.15) is 5.10 Å². The molecule has 1 aliphatic rings. The number of anilines is 1. The van der Waals surface area contributed by atoms with Gasteiger partial charge in [0.2, 0.25) is 0 Å². The number of amides is 2. The van der Waals surface area contributed by atoms with Crippen LogP contribution in [-0.2, 0) is 11.2 Å². The molecular weight excluding hydrogens is 480 g/mol. The second kappa shape index (κ2) is 10.9. The number of aryl methyl sites for hydroxylation is 1. The van der Waals surface area contributed by atoms with Crippen LogP contribution in [-0.4, -0.2) is 35.0 Å². The van der Waals surface area contributed by atoms with Crippen molar-refractivity contribution >= 4 is 34.9 Å². The number of nitro benzene ring substituents is 1. The number of ether oxygens (including phenoxy) is 1. The number of nitrogens with zero attached hydrogens (tertiary/aromatic N) is 2. The minimum Gasteiger partial charge on any atom is -0.462 e. The van der Waals surface area contributed by atoms with Crippen LogP contribution in [0.1, 0.15) is 67.9 Å². The molecule has 0 saturated heterocycles. The number of carbonyl (C=O) groups excluding carboxylic acids is 3. The Labute approximate surface area is 211 Å². The third-order valence-corrected chi connectivity index (χ3v) is 5.84. The lowest BCUT2D eigenvalue weighted by atomic mass is 9.93. The molecule has 0 saturated carbocycles. The molecule has 0 unspecified atom stereocenters. The lowest BCUT2D eigenvalue weighted by Gasteiger charge is -2.13. The van der Waals surface area contributed by atoms with Crippen molar-refractivity contribution in [1.82, 2.24) is 5.43 Å². The zero-order valence-corrected chi connectivity index (χ0v) is 20.2. The molecule has 4 rings (SSSR count). The highest BCUT2D eigenvalue weighted by atomic mass is 16.6. The Bertz CT molecular complexity index is 1410. The molecule has 11 nitrogen and oxygen atoms in total. The highest BCUT2D eigenvalue weighted by Crippen LogP contribution is 2.30. The minimum atomic E-state index is -0.549. The van der Waals surface area contributed by atoms with Crippen LogP contribution in [0.2, 0.25) is 0 Å². The molecule has 2 N–H and O–H groups in total. The Balaban J connectivity index is 1.55. The van der Waals surface area contributed by atoms with E-state index in [-0.39, 0.29) is 29.2 Å². The zero-order valence-electron chi connectivity index (χ0n) is 20.2. The number of hydrogen-bond donors (Lipinski definition) is 2. The van der Waals surface area contributed by atoms with Gasteiger partial charge >= 0.3 is 5.97 Å². The predicted molar refractivity (Wildman–Crippen MR) is 134 cm³/mol. The fourth-order valence-corrected chi connectivity index (χ4v) is 4.07. The van der Waals surface area contributed by atoms with E-state index in [4.69, 9.17) is 9.15 Å². The van der Waals surface area contributed by atoms with E-state index in [1.807, 2.05) is 0 Å². The molecule has 11 heteroatoms. The minimum absolute atomic E-state index is 0.0833. The molecular formula is C26H24N4O7. The number of rotatable bonds is 7. The Kier molecular flexibility index (Phi) is 7.42. The van der Waals surface area contributed by atoms with Gasteiger partial charge in [0, 0.05) is 35.2 Å². The van der Waals surface area contributed by atoms with E-state index >= 15 is 0 Å². The Morgan fingerprint density at radius 2 is 1.81 bits per heavy atom. The molecule has 1 heterocycles. The van der Waals surface area contributed by atoms with Crippen LogP contribution in [0.4, 0.5) is 11.4 Å². The summed E-state index contributed by atoms with van der Waals surface area (Å²) in [6.07, 6.45) is 1.86. The van der Waals surface area contributed by atoms with Gasteiger partial charge in [-0.25, -0.2) is 10.2 Å². The maximum atomic E-state index is 13.1. The average molecular weight is 504 g/mol. The van der Waals surface area contributed by atoms with Crippen molar-refractivity contribution in [1.29, 1.82) is 0 Å². The number of non-ortho nitro benzene ring substituents is 1. The maximum absolute atomic E-state index is 13.1. The molecule has 0 fully saturated rings. The van der Waals surface area contributed by atoms with E-state index in [1.165, 1.54) is 24.3 Å². The summed E-state index contributed by atoms with van der Waals surface area (Å²) in [4.78, 5) is 48.1.